The summed E-state index contributed by atoms with van der Waals surface area (Å²) < 4.78 is 27.3. The van der Waals surface area contributed by atoms with Crippen LogP contribution >= 0.6 is 0 Å². The molecular weight excluding hydrogens is 290 g/mol. The first kappa shape index (κ1) is 15.7. The average molecular weight is 309 g/mol. The van der Waals surface area contributed by atoms with Crippen LogP contribution in [0, 0.1) is 12.8 Å². The smallest absolute Gasteiger partial charge is 0.328 e. The third-order valence-corrected chi connectivity index (χ3v) is 5.27. The number of nitrogens with one attached hydrogen (secondary N) is 1. The number of benzene rings is 1. The molecule has 114 valence electrons. The van der Waals surface area contributed by atoms with Gasteiger partial charge in [0.05, 0.1) is 4.90 Å². The zero-order chi connectivity index (χ0) is 15.5. The lowest BCUT2D eigenvalue weighted by Crippen LogP contribution is -2.32. The average Bonchev–Trinajstić information content (AvgIpc) is 2.35. The van der Waals surface area contributed by atoms with Gasteiger partial charge in [-0.05, 0) is 49.0 Å². The predicted molar refractivity (Wildman–Crippen MR) is 80.4 cm³/mol. The van der Waals surface area contributed by atoms with Crippen LogP contribution in [0.2, 0.25) is 0 Å². The molecule has 0 unspecified atom stereocenters. The molecule has 1 aliphatic rings. The third kappa shape index (κ3) is 4.15. The first-order valence-electron chi connectivity index (χ1n) is 6.90. The highest BCUT2D eigenvalue weighted by molar-refractivity contribution is 7.89. The highest BCUT2D eigenvalue weighted by atomic mass is 32.2. The Morgan fingerprint density at radius 3 is 2.71 bits per heavy atom. The summed E-state index contributed by atoms with van der Waals surface area (Å²) in [4.78, 5) is 10.7. The SMILES string of the molecule is Cc1ccc(C=CC(=O)O)cc1S(=O)(=O)NCC1CCC1. The fourth-order valence-electron chi connectivity index (χ4n) is 2.18. The molecule has 0 bridgehead atoms. The summed E-state index contributed by atoms with van der Waals surface area (Å²) in [5.41, 5.74) is 1.19. The summed E-state index contributed by atoms with van der Waals surface area (Å²) in [5, 5.41) is 8.62. The van der Waals surface area contributed by atoms with Gasteiger partial charge in [-0.25, -0.2) is 17.9 Å². The van der Waals surface area contributed by atoms with Crippen molar-refractivity contribution in [2.75, 3.05) is 6.54 Å². The number of rotatable bonds is 6. The molecule has 0 radical (unpaired) electrons. The zero-order valence-corrected chi connectivity index (χ0v) is 12.7. The Bertz CT molecular complexity index is 660. The number of hydrogen-bond donors (Lipinski definition) is 2. The van der Waals surface area contributed by atoms with E-state index in [2.05, 4.69) is 4.72 Å². The number of aryl methyl sites for hydroxylation is 1. The molecule has 1 aromatic carbocycles. The minimum Gasteiger partial charge on any atom is -0.478 e. The second-order valence-electron chi connectivity index (χ2n) is 5.35. The van der Waals surface area contributed by atoms with E-state index in [1.54, 1.807) is 19.1 Å². The van der Waals surface area contributed by atoms with E-state index in [9.17, 15) is 13.2 Å². The van der Waals surface area contributed by atoms with Crippen LogP contribution in [0.3, 0.4) is 0 Å². The van der Waals surface area contributed by atoms with Gasteiger partial charge in [0.15, 0.2) is 0 Å². The van der Waals surface area contributed by atoms with Crippen LogP contribution in [-0.4, -0.2) is 26.0 Å². The van der Waals surface area contributed by atoms with Gasteiger partial charge in [-0.15, -0.1) is 0 Å². The second kappa shape index (κ2) is 6.41. The molecular formula is C15H19NO4S. The van der Waals surface area contributed by atoms with Gasteiger partial charge in [0, 0.05) is 12.6 Å². The molecule has 0 saturated heterocycles. The monoisotopic (exact) mass is 309 g/mol. The van der Waals surface area contributed by atoms with Crippen LogP contribution in [-0.2, 0) is 14.8 Å². The maximum Gasteiger partial charge on any atom is 0.328 e. The van der Waals surface area contributed by atoms with E-state index in [4.69, 9.17) is 5.11 Å². The second-order valence-corrected chi connectivity index (χ2v) is 7.08. The first-order valence-corrected chi connectivity index (χ1v) is 8.38. The van der Waals surface area contributed by atoms with Crippen molar-refractivity contribution in [2.45, 2.75) is 31.1 Å². The van der Waals surface area contributed by atoms with Gasteiger partial charge >= 0.3 is 5.97 Å². The fourth-order valence-corrected chi connectivity index (χ4v) is 3.57. The van der Waals surface area contributed by atoms with Crippen molar-refractivity contribution in [3.63, 3.8) is 0 Å². The molecule has 5 nitrogen and oxygen atoms in total. The van der Waals surface area contributed by atoms with Crippen molar-refractivity contribution in [1.29, 1.82) is 0 Å². The summed E-state index contributed by atoms with van der Waals surface area (Å²) >= 11 is 0. The molecule has 0 atom stereocenters. The third-order valence-electron chi connectivity index (χ3n) is 3.71. The van der Waals surface area contributed by atoms with Gasteiger partial charge in [0.25, 0.3) is 0 Å². The lowest BCUT2D eigenvalue weighted by Gasteiger charge is -2.25. The van der Waals surface area contributed by atoms with E-state index in [0.29, 0.717) is 23.6 Å². The predicted octanol–water partition coefficient (Wildman–Crippen LogP) is 2.17. The summed E-state index contributed by atoms with van der Waals surface area (Å²) in [6.45, 7) is 2.19. The summed E-state index contributed by atoms with van der Waals surface area (Å²) in [6.07, 6.45) is 5.68. The topological polar surface area (TPSA) is 83.5 Å². The Morgan fingerprint density at radius 2 is 2.14 bits per heavy atom. The quantitative estimate of drug-likeness (QED) is 0.789. The molecule has 1 saturated carbocycles. The molecule has 2 N–H and O–H groups in total. The highest BCUT2D eigenvalue weighted by Gasteiger charge is 2.22. The van der Waals surface area contributed by atoms with Crippen molar-refractivity contribution in [3.05, 3.63) is 35.4 Å². The molecule has 0 amide bonds. The van der Waals surface area contributed by atoms with Gasteiger partial charge in [0.2, 0.25) is 10.0 Å². The van der Waals surface area contributed by atoms with Crippen LogP contribution in [0.5, 0.6) is 0 Å². The maximum absolute atomic E-state index is 12.3. The largest absolute Gasteiger partial charge is 0.478 e. The van der Waals surface area contributed by atoms with E-state index in [1.165, 1.54) is 18.6 Å². The van der Waals surface area contributed by atoms with E-state index in [0.717, 1.165) is 18.9 Å². The van der Waals surface area contributed by atoms with E-state index in [1.807, 2.05) is 0 Å². The Labute approximate surface area is 124 Å². The van der Waals surface area contributed by atoms with E-state index in [-0.39, 0.29) is 4.90 Å². The maximum atomic E-state index is 12.3. The van der Waals surface area contributed by atoms with Gasteiger partial charge < -0.3 is 5.11 Å². The molecule has 0 heterocycles. The minimum atomic E-state index is -3.55. The first-order chi connectivity index (χ1) is 9.88. The molecule has 1 aromatic rings. The lowest BCUT2D eigenvalue weighted by molar-refractivity contribution is -0.131. The Balaban J connectivity index is 2.19. The molecule has 0 aromatic heterocycles. The Hall–Kier alpha value is -1.66. The number of sulfonamides is 1. The lowest BCUT2D eigenvalue weighted by atomic mass is 9.86. The molecule has 1 aliphatic carbocycles. The van der Waals surface area contributed by atoms with Crippen LogP contribution in [0.25, 0.3) is 6.08 Å². The van der Waals surface area contributed by atoms with Gasteiger partial charge in [-0.3, -0.25) is 0 Å². The van der Waals surface area contributed by atoms with Crippen molar-refractivity contribution in [3.8, 4) is 0 Å². The number of hydrogen-bond acceptors (Lipinski definition) is 3. The summed E-state index contributed by atoms with van der Waals surface area (Å²) in [5.74, 6) is -0.627. The van der Waals surface area contributed by atoms with Crippen molar-refractivity contribution >= 4 is 22.1 Å². The van der Waals surface area contributed by atoms with Crippen LogP contribution in [0.4, 0.5) is 0 Å². The van der Waals surface area contributed by atoms with Gasteiger partial charge in [-0.2, -0.15) is 0 Å². The Morgan fingerprint density at radius 1 is 1.43 bits per heavy atom. The van der Waals surface area contributed by atoms with Crippen LogP contribution < -0.4 is 4.72 Å². The normalized spacial score (nSPS) is 16.0. The van der Waals surface area contributed by atoms with Crippen molar-refractivity contribution in [2.24, 2.45) is 5.92 Å². The zero-order valence-electron chi connectivity index (χ0n) is 11.9. The van der Waals surface area contributed by atoms with Crippen LogP contribution in [0.15, 0.2) is 29.2 Å². The minimum absolute atomic E-state index is 0.203. The van der Waals surface area contributed by atoms with E-state index >= 15 is 0 Å². The number of carboxylic acid groups (broad SMARTS) is 1. The van der Waals surface area contributed by atoms with Crippen molar-refractivity contribution < 1.29 is 18.3 Å². The standard InChI is InChI=1S/C15H19NO4S/c1-11-5-6-12(7-8-15(17)18)9-14(11)21(19,20)16-10-13-3-2-4-13/h5-9,13,16H,2-4,10H2,1H3,(H,17,18). The Kier molecular flexibility index (Phi) is 4.80. The fraction of sp³-hybridized carbons (Fsp3) is 0.400. The van der Waals surface area contributed by atoms with Crippen LogP contribution in [0.1, 0.15) is 30.4 Å². The summed E-state index contributed by atoms with van der Waals surface area (Å²) in [7, 11) is -3.55. The van der Waals surface area contributed by atoms with Crippen molar-refractivity contribution in [1.82, 2.24) is 4.72 Å². The number of carbonyl (C=O) groups is 1. The molecule has 1 fully saturated rings. The van der Waals surface area contributed by atoms with E-state index < -0.39 is 16.0 Å². The van der Waals surface area contributed by atoms with Gasteiger partial charge in [0.1, 0.15) is 0 Å². The molecule has 6 heteroatoms. The molecule has 0 aliphatic heterocycles. The number of aliphatic carboxylic acids is 1. The van der Waals surface area contributed by atoms with Gasteiger partial charge in [-0.1, -0.05) is 18.6 Å². The number of carboxylic acids is 1. The molecule has 2 rings (SSSR count). The highest BCUT2D eigenvalue weighted by Crippen LogP contribution is 2.26. The molecule has 21 heavy (non-hydrogen) atoms. The summed E-state index contributed by atoms with van der Waals surface area (Å²) in [6, 6.07) is 4.87. The molecule has 0 spiro atoms.